The van der Waals surface area contributed by atoms with Gasteiger partial charge in [-0.15, -0.1) is 17.7 Å². The van der Waals surface area contributed by atoms with Crippen LogP contribution < -0.4 is 0 Å². The zero-order valence-electron chi connectivity index (χ0n) is 18.7. The Labute approximate surface area is 187 Å². The third-order valence-electron chi connectivity index (χ3n) is 5.82. The van der Waals surface area contributed by atoms with Gasteiger partial charge >= 0.3 is 0 Å². The molecule has 0 aliphatic heterocycles. The number of unbranched alkanes of at least 4 members (excludes halogenated alkanes) is 11. The Morgan fingerprint density at radius 1 is 0.933 bits per heavy atom. The van der Waals surface area contributed by atoms with E-state index in [2.05, 4.69) is 41.1 Å². The number of nitrogens with zero attached hydrogens (tertiary/aromatic N) is 4. The molecule has 1 heterocycles. The first-order valence-electron chi connectivity index (χ1n) is 11.7. The lowest BCUT2D eigenvalue weighted by Gasteiger charge is -2.16. The molecule has 6 heteroatoms. The summed E-state index contributed by atoms with van der Waals surface area (Å²) < 4.78 is 1.55. The second-order valence-corrected chi connectivity index (χ2v) is 8.71. The summed E-state index contributed by atoms with van der Waals surface area (Å²) in [6.07, 6.45) is 17.0. The van der Waals surface area contributed by atoms with Crippen molar-refractivity contribution >= 4 is 17.7 Å². The van der Waals surface area contributed by atoms with Crippen molar-refractivity contribution in [1.29, 1.82) is 0 Å². The highest BCUT2D eigenvalue weighted by atomic mass is 32.1. The maximum Gasteiger partial charge on any atom is 0.201 e. The number of rotatable bonds is 16. The lowest BCUT2D eigenvalue weighted by molar-refractivity contribution is -0.111. The molecule has 2 rings (SSSR count). The average molecular weight is 431 g/mol. The summed E-state index contributed by atoms with van der Waals surface area (Å²) in [4.78, 5) is 12.3. The molecule has 0 aliphatic rings. The first-order valence-corrected chi connectivity index (χ1v) is 12.1. The van der Waals surface area contributed by atoms with Gasteiger partial charge in [0, 0.05) is 7.05 Å². The molecule has 1 aromatic carbocycles. The van der Waals surface area contributed by atoms with E-state index in [4.69, 9.17) is 0 Å². The quantitative estimate of drug-likeness (QED) is 0.260. The van der Waals surface area contributed by atoms with Crippen LogP contribution in [0.15, 0.2) is 24.3 Å². The van der Waals surface area contributed by atoms with Crippen LogP contribution in [0.5, 0.6) is 0 Å². The SMILES string of the molecule is CCCCCCCCCCCCCCc1ccccc1C(C(=O)S)c1nnnn1C. The zero-order chi connectivity index (χ0) is 21.6. The number of carbonyl (C=O) groups is 1. The van der Waals surface area contributed by atoms with E-state index >= 15 is 0 Å². The molecule has 166 valence electrons. The van der Waals surface area contributed by atoms with Gasteiger partial charge in [0.25, 0.3) is 0 Å². The predicted molar refractivity (Wildman–Crippen MR) is 126 cm³/mol. The minimum Gasteiger partial charge on any atom is -0.286 e. The molecule has 1 aromatic heterocycles. The van der Waals surface area contributed by atoms with E-state index in [1.165, 1.54) is 76.2 Å². The molecule has 0 radical (unpaired) electrons. The molecule has 0 saturated carbocycles. The van der Waals surface area contributed by atoms with Crippen molar-refractivity contribution < 1.29 is 4.79 Å². The molecular formula is C24H38N4OS. The van der Waals surface area contributed by atoms with Crippen molar-refractivity contribution in [2.75, 3.05) is 0 Å². The van der Waals surface area contributed by atoms with Crippen LogP contribution >= 0.6 is 12.6 Å². The monoisotopic (exact) mass is 430 g/mol. The minimum atomic E-state index is -0.526. The lowest BCUT2D eigenvalue weighted by atomic mass is 9.91. The van der Waals surface area contributed by atoms with E-state index in [1.807, 2.05) is 18.2 Å². The number of thiol groups is 1. The number of hydrogen-bond acceptors (Lipinski definition) is 4. The summed E-state index contributed by atoms with van der Waals surface area (Å²) in [6.45, 7) is 2.27. The number of aromatic nitrogens is 4. The van der Waals surface area contributed by atoms with Gasteiger partial charge in [0.2, 0.25) is 5.12 Å². The van der Waals surface area contributed by atoms with Gasteiger partial charge in [0.05, 0.1) is 0 Å². The van der Waals surface area contributed by atoms with E-state index in [-0.39, 0.29) is 5.12 Å². The van der Waals surface area contributed by atoms with Crippen molar-refractivity contribution in [2.45, 2.75) is 96.3 Å². The third-order valence-corrected chi connectivity index (χ3v) is 6.08. The molecule has 2 aromatic rings. The van der Waals surface area contributed by atoms with Crippen LogP contribution in [0.2, 0.25) is 0 Å². The number of carbonyl (C=O) groups excluding carboxylic acids is 1. The third kappa shape index (κ3) is 8.21. The van der Waals surface area contributed by atoms with Crippen molar-refractivity contribution in [3.63, 3.8) is 0 Å². The average Bonchev–Trinajstić information content (AvgIpc) is 3.15. The largest absolute Gasteiger partial charge is 0.286 e. The van der Waals surface area contributed by atoms with Gasteiger partial charge < -0.3 is 0 Å². The number of hydrogen-bond donors (Lipinski definition) is 1. The van der Waals surface area contributed by atoms with E-state index < -0.39 is 5.92 Å². The molecule has 1 unspecified atom stereocenters. The van der Waals surface area contributed by atoms with E-state index in [1.54, 1.807) is 11.7 Å². The Balaban J connectivity index is 1.73. The van der Waals surface area contributed by atoms with Gasteiger partial charge in [0.15, 0.2) is 5.82 Å². The van der Waals surface area contributed by atoms with Crippen molar-refractivity contribution in [1.82, 2.24) is 20.2 Å². The van der Waals surface area contributed by atoms with E-state index in [9.17, 15) is 4.79 Å². The summed E-state index contributed by atoms with van der Waals surface area (Å²) in [5, 5.41) is 11.4. The molecule has 0 N–H and O–H groups in total. The summed E-state index contributed by atoms with van der Waals surface area (Å²) in [7, 11) is 1.76. The molecule has 30 heavy (non-hydrogen) atoms. The molecule has 0 aliphatic carbocycles. The molecule has 0 fully saturated rings. The Bertz CT molecular complexity index is 746. The second-order valence-electron chi connectivity index (χ2n) is 8.27. The summed E-state index contributed by atoms with van der Waals surface area (Å²) in [6, 6.07) is 8.12. The van der Waals surface area contributed by atoms with Crippen LogP contribution in [0, 0.1) is 0 Å². The number of aryl methyl sites for hydroxylation is 2. The van der Waals surface area contributed by atoms with Gasteiger partial charge in [-0.2, -0.15) is 0 Å². The topological polar surface area (TPSA) is 60.7 Å². The summed E-state index contributed by atoms with van der Waals surface area (Å²) in [5.74, 6) is 0.0130. The fraction of sp³-hybridized carbons (Fsp3) is 0.667. The Morgan fingerprint density at radius 3 is 2.03 bits per heavy atom. The molecule has 5 nitrogen and oxygen atoms in total. The number of tetrazole rings is 1. The van der Waals surface area contributed by atoms with Crippen LogP contribution in [0.4, 0.5) is 0 Å². The van der Waals surface area contributed by atoms with Gasteiger partial charge in [-0.3, -0.25) is 4.79 Å². The molecular weight excluding hydrogens is 392 g/mol. The van der Waals surface area contributed by atoms with Gasteiger partial charge in [-0.1, -0.05) is 102 Å². The predicted octanol–water partition coefficient (Wildman–Crippen LogP) is 6.04. The fourth-order valence-electron chi connectivity index (χ4n) is 4.06. The van der Waals surface area contributed by atoms with E-state index in [0.29, 0.717) is 5.82 Å². The maximum atomic E-state index is 12.3. The molecule has 0 spiro atoms. The highest BCUT2D eigenvalue weighted by Gasteiger charge is 2.27. The maximum absolute atomic E-state index is 12.3. The van der Waals surface area contributed by atoms with Gasteiger partial charge in [-0.05, 0) is 34.4 Å². The molecule has 0 amide bonds. The fourth-order valence-corrected chi connectivity index (χ4v) is 4.32. The Morgan fingerprint density at radius 2 is 1.50 bits per heavy atom. The molecule has 0 saturated heterocycles. The standard InChI is InChI=1S/C24H38N4OS/c1-3-4-5-6-7-8-9-10-11-12-13-14-17-20-18-15-16-19-21(20)22(24(29)30)23-25-26-27-28(23)2/h15-16,18-19,22H,3-14,17H2,1-2H3,(H,29,30). The Kier molecular flexibility index (Phi) is 11.7. The highest BCUT2D eigenvalue weighted by molar-refractivity contribution is 7.96. The zero-order valence-corrected chi connectivity index (χ0v) is 19.6. The van der Waals surface area contributed by atoms with Gasteiger partial charge in [0.1, 0.15) is 5.92 Å². The van der Waals surface area contributed by atoms with Gasteiger partial charge in [-0.25, -0.2) is 4.68 Å². The van der Waals surface area contributed by atoms with Crippen LogP contribution in [-0.2, 0) is 18.3 Å². The minimum absolute atomic E-state index is 0.227. The van der Waals surface area contributed by atoms with E-state index in [0.717, 1.165) is 18.4 Å². The van der Waals surface area contributed by atoms with Crippen molar-refractivity contribution in [3.8, 4) is 0 Å². The van der Waals surface area contributed by atoms with Crippen LogP contribution in [0.25, 0.3) is 0 Å². The molecule has 1 atom stereocenters. The van der Waals surface area contributed by atoms with Crippen LogP contribution in [-0.4, -0.2) is 25.3 Å². The lowest BCUT2D eigenvalue weighted by Crippen LogP contribution is -2.16. The Hall–Kier alpha value is -1.69. The van der Waals surface area contributed by atoms with Crippen LogP contribution in [0.3, 0.4) is 0 Å². The smallest absolute Gasteiger partial charge is 0.201 e. The molecule has 0 bridgehead atoms. The summed E-state index contributed by atoms with van der Waals surface area (Å²) in [5.41, 5.74) is 2.17. The normalized spacial score (nSPS) is 12.2. The van der Waals surface area contributed by atoms with Crippen LogP contribution in [0.1, 0.15) is 107 Å². The first-order chi connectivity index (χ1) is 14.6. The highest BCUT2D eigenvalue weighted by Crippen LogP contribution is 2.29. The first kappa shape index (κ1) is 24.6. The number of benzene rings is 1. The summed E-state index contributed by atoms with van der Waals surface area (Å²) >= 11 is 4.13. The van der Waals surface area contributed by atoms with Crippen molar-refractivity contribution in [2.24, 2.45) is 7.05 Å². The van der Waals surface area contributed by atoms with Crippen molar-refractivity contribution in [3.05, 3.63) is 41.2 Å². The second kappa shape index (κ2) is 14.3.